The maximum atomic E-state index is 15.6. The van der Waals surface area contributed by atoms with Gasteiger partial charge in [-0.25, -0.2) is 0 Å². The van der Waals surface area contributed by atoms with Gasteiger partial charge in [-0.3, -0.25) is 14.5 Å². The number of ether oxygens (including phenoxy) is 12. The third kappa shape index (κ3) is 17.3. The Balaban J connectivity index is 0.933. The second kappa shape index (κ2) is 34.1. The average Bonchev–Trinajstić information content (AvgIpc) is 1.52. The number of benzene rings is 9. The van der Waals surface area contributed by atoms with E-state index >= 15 is 9.59 Å². The standard InChI is InChI=1S/C81H81NO15S/c1-55-70(88-48-58-32-14-4-15-33-58)73(90-50-60-36-18-6-19-37-60)75(92-52-62-40-22-8-23-41-62)80(93-55)96-72-68(82-77(84)64-44-26-27-45-65(64)78(82)85)79(94-66(69(72)83)53-86-46-56-28-10-2-11-29-56)97-76-74(91-51-61-38-20-7-21-39-61)71(89-49-59-34-16-5-17-35-59)67(54-87-47-57-30-12-3-13-31-57)95-81(76)98-63-42-24-9-25-43-63/h2-45,55,66-76,79-81,83H,46-54H2,1H3/t55-,66+,67+,68+,69+,70+,71+,72+,73+,74-,75-,76-,79-,80-,81+/m0/s1. The van der Waals surface area contributed by atoms with E-state index in [2.05, 4.69) is 0 Å². The number of amides is 2. The molecule has 0 saturated carbocycles. The predicted octanol–water partition coefficient (Wildman–Crippen LogP) is 13.1. The van der Waals surface area contributed by atoms with Gasteiger partial charge < -0.3 is 61.9 Å². The van der Waals surface area contributed by atoms with E-state index in [-0.39, 0.29) is 70.6 Å². The van der Waals surface area contributed by atoms with E-state index in [0.717, 1.165) is 48.7 Å². The number of carbonyl (C=O) groups is 2. The molecular formula is C81H81NO15S. The SMILES string of the molecule is C[C@@H]1O[C@@H](O[C@H]2[C@H](O)[C@@H](COCc3ccccc3)O[C@@H](O[C@H]3[C@@H](OCc4ccccc4)[C@H](OCc4ccccc4)[C@@H](COCc4ccccc4)O[C@@H]3Sc3ccccc3)[C@@H]2N2C(=O)c3ccccc3C2=O)[C@@H](OCc2ccccc2)[C@H](OCc2ccccc2)[C@@H]1OCc1ccccc1. The predicted molar refractivity (Wildman–Crippen MR) is 368 cm³/mol. The van der Waals surface area contributed by atoms with Crippen LogP contribution in [0.2, 0.25) is 0 Å². The van der Waals surface area contributed by atoms with E-state index in [9.17, 15) is 5.11 Å². The smallest absolute Gasteiger partial charge is 0.262 e. The van der Waals surface area contributed by atoms with Crippen molar-refractivity contribution in [3.63, 3.8) is 0 Å². The fourth-order valence-electron chi connectivity index (χ4n) is 12.9. The molecule has 0 aromatic heterocycles. The van der Waals surface area contributed by atoms with Gasteiger partial charge in [-0.1, -0.05) is 254 Å². The Kier molecular flexibility index (Phi) is 23.9. The summed E-state index contributed by atoms with van der Waals surface area (Å²) in [5.41, 5.74) is 5.67. The normalized spacial score (nSPS) is 26.2. The third-order valence-electron chi connectivity index (χ3n) is 17.9. The highest BCUT2D eigenvalue weighted by Crippen LogP contribution is 2.43. The van der Waals surface area contributed by atoms with Crippen LogP contribution in [0.15, 0.2) is 272 Å². The van der Waals surface area contributed by atoms with E-state index < -0.39 is 103 Å². The molecule has 4 aliphatic heterocycles. The van der Waals surface area contributed by atoms with E-state index in [4.69, 9.17) is 56.8 Å². The molecule has 4 heterocycles. The van der Waals surface area contributed by atoms with E-state index in [1.807, 2.05) is 250 Å². The summed E-state index contributed by atoms with van der Waals surface area (Å²) in [6.07, 6.45) is -14.8. The van der Waals surface area contributed by atoms with Crippen LogP contribution in [0, 0.1) is 0 Å². The molecule has 98 heavy (non-hydrogen) atoms. The molecule has 3 fully saturated rings. The van der Waals surface area contributed by atoms with Gasteiger partial charge in [0.05, 0.1) is 76.7 Å². The zero-order chi connectivity index (χ0) is 66.8. The minimum absolute atomic E-state index is 0.0812. The largest absolute Gasteiger partial charge is 0.388 e. The quantitative estimate of drug-likeness (QED) is 0.0422. The summed E-state index contributed by atoms with van der Waals surface area (Å²) >= 11 is 1.40. The molecule has 0 spiro atoms. The van der Waals surface area contributed by atoms with Gasteiger partial charge in [0.15, 0.2) is 12.6 Å². The Morgan fingerprint density at radius 1 is 0.357 bits per heavy atom. The lowest BCUT2D eigenvalue weighted by Crippen LogP contribution is -2.70. The average molecular weight is 1340 g/mol. The number of rotatable bonds is 30. The number of fused-ring (bicyclic) bond motifs is 1. The van der Waals surface area contributed by atoms with E-state index in [0.29, 0.717) is 0 Å². The molecule has 4 aliphatic rings. The number of thioether (sulfide) groups is 1. The van der Waals surface area contributed by atoms with Crippen LogP contribution in [0.25, 0.3) is 0 Å². The summed E-state index contributed by atoms with van der Waals surface area (Å²) in [6, 6.07) is 83.4. The highest BCUT2D eigenvalue weighted by molar-refractivity contribution is 7.99. The lowest BCUT2D eigenvalue weighted by atomic mass is 9.93. The van der Waals surface area contributed by atoms with Crippen molar-refractivity contribution in [2.24, 2.45) is 0 Å². The summed E-state index contributed by atoms with van der Waals surface area (Å²) in [4.78, 5) is 33.1. The van der Waals surface area contributed by atoms with Crippen LogP contribution < -0.4 is 0 Å². The Labute approximate surface area is 576 Å². The molecule has 2 amide bonds. The number of hydrogen-bond donors (Lipinski definition) is 1. The van der Waals surface area contributed by atoms with Gasteiger partial charge >= 0.3 is 0 Å². The summed E-state index contributed by atoms with van der Waals surface area (Å²) in [6.45, 7) is 2.91. The number of carbonyl (C=O) groups excluding carboxylic acids is 2. The molecule has 16 nitrogen and oxygen atoms in total. The van der Waals surface area contributed by atoms with Crippen molar-refractivity contribution in [2.45, 2.75) is 149 Å². The number of aliphatic hydroxyl groups is 1. The minimum Gasteiger partial charge on any atom is -0.388 e. The molecule has 1 N–H and O–H groups in total. The summed E-state index contributed by atoms with van der Waals surface area (Å²) in [5, 5.41) is 13.5. The molecule has 9 aromatic carbocycles. The fourth-order valence-corrected chi connectivity index (χ4v) is 14.0. The molecule has 3 saturated heterocycles. The molecule has 9 aromatic rings. The number of hydrogen-bond acceptors (Lipinski definition) is 16. The van der Waals surface area contributed by atoms with Crippen LogP contribution >= 0.6 is 11.8 Å². The van der Waals surface area contributed by atoms with Gasteiger partial charge in [-0.2, -0.15) is 0 Å². The molecular weight excluding hydrogens is 1260 g/mol. The first kappa shape index (κ1) is 68.5. The Morgan fingerprint density at radius 2 is 0.704 bits per heavy atom. The summed E-state index contributed by atoms with van der Waals surface area (Å²) in [5.74, 6) is -1.32. The maximum Gasteiger partial charge on any atom is 0.262 e. The number of imide groups is 1. The fraction of sp³-hybridized carbons (Fsp3) is 0.309. The van der Waals surface area contributed by atoms with Gasteiger partial charge in [0.2, 0.25) is 0 Å². The van der Waals surface area contributed by atoms with Gasteiger partial charge in [0, 0.05) is 4.90 Å². The van der Waals surface area contributed by atoms with Crippen LogP contribution in [-0.4, -0.2) is 126 Å². The number of aliphatic hydroxyl groups excluding tert-OH is 1. The van der Waals surface area contributed by atoms with Crippen molar-refractivity contribution in [3.8, 4) is 0 Å². The Hall–Kier alpha value is -8.05. The zero-order valence-electron chi connectivity index (χ0n) is 54.4. The van der Waals surface area contributed by atoms with Crippen LogP contribution in [0.5, 0.6) is 0 Å². The Bertz CT molecular complexity index is 3840. The van der Waals surface area contributed by atoms with Crippen LogP contribution in [0.4, 0.5) is 0 Å². The molecule has 0 unspecified atom stereocenters. The van der Waals surface area contributed by atoms with Crippen LogP contribution in [-0.2, 0) is 103 Å². The lowest BCUT2D eigenvalue weighted by Gasteiger charge is -2.52. The van der Waals surface area contributed by atoms with Crippen molar-refractivity contribution < 1.29 is 71.5 Å². The lowest BCUT2D eigenvalue weighted by molar-refractivity contribution is -0.367. The van der Waals surface area contributed by atoms with Gasteiger partial charge in [0.1, 0.15) is 72.5 Å². The van der Waals surface area contributed by atoms with E-state index in [1.54, 1.807) is 24.3 Å². The first-order valence-corrected chi connectivity index (χ1v) is 34.3. The van der Waals surface area contributed by atoms with Crippen LogP contribution in [0.3, 0.4) is 0 Å². The van der Waals surface area contributed by atoms with Gasteiger partial charge in [-0.05, 0) is 70.1 Å². The highest BCUT2D eigenvalue weighted by Gasteiger charge is 2.60. The van der Waals surface area contributed by atoms with E-state index in [1.165, 1.54) is 11.8 Å². The first-order valence-electron chi connectivity index (χ1n) is 33.4. The topological polar surface area (TPSA) is 168 Å². The zero-order valence-corrected chi connectivity index (χ0v) is 55.3. The van der Waals surface area contributed by atoms with Gasteiger partial charge in [0.25, 0.3) is 11.8 Å². The van der Waals surface area contributed by atoms with Crippen molar-refractivity contribution >= 4 is 23.6 Å². The maximum absolute atomic E-state index is 15.6. The van der Waals surface area contributed by atoms with Crippen molar-refractivity contribution in [3.05, 3.63) is 317 Å². The second-order valence-electron chi connectivity index (χ2n) is 24.7. The molecule has 0 radical (unpaired) electrons. The summed E-state index contributed by atoms with van der Waals surface area (Å²) < 4.78 is 85.5. The molecule has 0 aliphatic carbocycles. The molecule has 17 heteroatoms. The number of nitrogens with zero attached hydrogens (tertiary/aromatic N) is 1. The molecule has 506 valence electrons. The molecule has 15 atom stereocenters. The minimum atomic E-state index is -1.65. The first-order chi connectivity index (χ1) is 48.3. The van der Waals surface area contributed by atoms with Crippen molar-refractivity contribution in [1.82, 2.24) is 4.90 Å². The van der Waals surface area contributed by atoms with Crippen molar-refractivity contribution in [1.29, 1.82) is 0 Å². The second-order valence-corrected chi connectivity index (χ2v) is 25.9. The third-order valence-corrected chi connectivity index (χ3v) is 19.0. The van der Waals surface area contributed by atoms with Gasteiger partial charge in [-0.15, -0.1) is 0 Å². The summed E-state index contributed by atoms with van der Waals surface area (Å²) in [7, 11) is 0. The molecule has 0 bridgehead atoms. The van der Waals surface area contributed by atoms with Crippen molar-refractivity contribution in [2.75, 3.05) is 13.2 Å². The highest BCUT2D eigenvalue weighted by atomic mass is 32.2. The monoisotopic (exact) mass is 1340 g/mol. The molecule has 13 rings (SSSR count). The Morgan fingerprint density at radius 3 is 1.14 bits per heavy atom. The van der Waals surface area contributed by atoms with Crippen LogP contribution in [0.1, 0.15) is 66.6 Å².